The molecule has 0 bridgehead atoms. The van der Waals surface area contributed by atoms with Crippen molar-refractivity contribution in [2.75, 3.05) is 18.5 Å². The molecule has 5 nitrogen and oxygen atoms in total. The summed E-state index contributed by atoms with van der Waals surface area (Å²) in [5, 5.41) is 0. The summed E-state index contributed by atoms with van der Waals surface area (Å²) < 4.78 is 40.8. The van der Waals surface area contributed by atoms with Crippen molar-refractivity contribution in [3.8, 4) is 5.75 Å². The molecule has 0 spiro atoms. The van der Waals surface area contributed by atoms with Crippen LogP contribution < -0.4 is 9.64 Å². The topological polar surface area (TPSA) is 50.6 Å². The summed E-state index contributed by atoms with van der Waals surface area (Å²) in [6.07, 6.45) is 1.47. The van der Waals surface area contributed by atoms with Gasteiger partial charge in [0.2, 0.25) is 0 Å². The van der Waals surface area contributed by atoms with E-state index in [0.717, 1.165) is 35.5 Å². The summed E-state index contributed by atoms with van der Waals surface area (Å²) >= 11 is 0. The number of nitrogens with zero attached hydrogens (tertiary/aromatic N) is 4. The number of aliphatic imine (C=N–C) groups is 1. The Kier molecular flexibility index (Phi) is 10.5. The van der Waals surface area contributed by atoms with Crippen molar-refractivity contribution in [2.45, 2.75) is 33.1 Å². The number of rotatable bonds is 9. The first kappa shape index (κ1) is 28.6. The number of alkyl halides is 3. The fourth-order valence-corrected chi connectivity index (χ4v) is 3.30. The van der Waals surface area contributed by atoms with Gasteiger partial charge in [0, 0.05) is 68.7 Å². The molecule has 1 heterocycles. The zero-order valence-corrected chi connectivity index (χ0v) is 24.0. The van der Waals surface area contributed by atoms with Crippen LogP contribution in [-0.2, 0) is 6.42 Å². The summed E-state index contributed by atoms with van der Waals surface area (Å²) in [5.74, 6) is -0.00786. The van der Waals surface area contributed by atoms with Crippen LogP contribution in [0.4, 0.5) is 18.9 Å². The van der Waals surface area contributed by atoms with E-state index in [1.54, 1.807) is 6.20 Å². The first-order chi connectivity index (χ1) is 16.1. The molecule has 0 radical (unpaired) electrons. The van der Waals surface area contributed by atoms with Crippen LogP contribution in [0.1, 0.15) is 41.6 Å². The van der Waals surface area contributed by atoms with Crippen LogP contribution in [0.5, 0.6) is 5.75 Å². The van der Waals surface area contributed by atoms with E-state index in [0.29, 0.717) is 23.5 Å². The molecule has 2 aromatic carbocycles. The summed E-state index contributed by atoms with van der Waals surface area (Å²) in [7, 11) is 2.08. The number of hydrogen-bond acceptors (Lipinski definition) is 5. The van der Waals surface area contributed by atoms with E-state index in [2.05, 4.69) is 69.6 Å². The minimum absolute atomic E-state index is 0. The molecule has 0 aliphatic heterocycles. The second-order valence-electron chi connectivity index (χ2n) is 7.83. The van der Waals surface area contributed by atoms with Gasteiger partial charge in [0.05, 0.1) is 5.82 Å². The normalized spacial score (nSPS) is 11.3. The van der Waals surface area contributed by atoms with Crippen LogP contribution in [0.2, 0.25) is 0 Å². The number of aryl methyl sites for hydroxylation is 1. The Hall–Kier alpha value is -2.63. The number of benzene rings is 2. The molecule has 0 atom stereocenters. The Balaban J connectivity index is 0.00000432. The van der Waals surface area contributed by atoms with Gasteiger partial charge in [-0.1, -0.05) is 42.4 Å². The van der Waals surface area contributed by atoms with Gasteiger partial charge in [0.15, 0.2) is 0 Å². The van der Waals surface area contributed by atoms with E-state index in [-0.39, 0.29) is 36.9 Å². The molecule has 182 valence electrons. The summed E-state index contributed by atoms with van der Waals surface area (Å²) in [5.41, 5.74) is 4.95. The van der Waals surface area contributed by atoms with Crippen molar-refractivity contribution in [2.24, 2.45) is 4.99 Å². The smallest absolute Gasteiger partial charge is 0.448 e. The molecule has 0 unspecified atom stereocenters. The molecule has 9 heteroatoms. The van der Waals surface area contributed by atoms with E-state index in [1.807, 2.05) is 13.0 Å². The van der Waals surface area contributed by atoms with Crippen LogP contribution in [-0.4, -0.2) is 36.1 Å². The third kappa shape index (κ3) is 8.83. The van der Waals surface area contributed by atoms with E-state index in [9.17, 15) is 13.2 Å². The SMILES string of the molecule is C=C(N=[C-]c1ncc(C)c(Cc2cccc(N(C)CCC)c2)n1)c1ccc(OC(F)(F)F)cc1.[U]. The van der Waals surface area contributed by atoms with Crippen molar-refractivity contribution in [1.82, 2.24) is 9.97 Å². The maximum atomic E-state index is 12.3. The number of halogens is 3. The molecule has 3 rings (SSSR count). The number of aromatic nitrogens is 2. The average Bonchev–Trinajstić information content (AvgIpc) is 2.79. The van der Waals surface area contributed by atoms with Gasteiger partial charge in [0.1, 0.15) is 5.75 Å². The zero-order chi connectivity index (χ0) is 24.7. The first-order valence-electron chi connectivity index (χ1n) is 10.8. The summed E-state index contributed by atoms with van der Waals surface area (Å²) in [6, 6.07) is 13.6. The van der Waals surface area contributed by atoms with Gasteiger partial charge in [-0.15, -0.1) is 19.4 Å². The number of hydrogen-bond donors (Lipinski definition) is 0. The molecule has 0 amide bonds. The molecule has 0 N–H and O–H groups in total. The Labute approximate surface area is 227 Å². The Morgan fingerprint density at radius 1 is 1.17 bits per heavy atom. The monoisotopic (exact) mass is 705 g/mol. The van der Waals surface area contributed by atoms with Gasteiger partial charge in [0.25, 0.3) is 0 Å². The quantitative estimate of drug-likeness (QED) is 0.200. The minimum atomic E-state index is -4.74. The van der Waals surface area contributed by atoms with E-state index < -0.39 is 6.36 Å². The zero-order valence-electron chi connectivity index (χ0n) is 19.9. The fourth-order valence-electron chi connectivity index (χ4n) is 3.30. The van der Waals surface area contributed by atoms with Gasteiger partial charge in [-0.05, 0) is 48.7 Å². The molecule has 0 aliphatic carbocycles. The predicted octanol–water partition coefficient (Wildman–Crippen LogP) is 6.09. The van der Waals surface area contributed by atoms with Crippen molar-refractivity contribution in [3.63, 3.8) is 0 Å². The average molecular weight is 706 g/mol. The molecule has 0 fully saturated rings. The van der Waals surface area contributed by atoms with Crippen LogP contribution in [0.15, 0.2) is 66.3 Å². The van der Waals surface area contributed by atoms with Crippen LogP contribution >= 0.6 is 0 Å². The van der Waals surface area contributed by atoms with E-state index in [1.165, 1.54) is 24.3 Å². The summed E-state index contributed by atoms with van der Waals surface area (Å²) in [4.78, 5) is 15.2. The Morgan fingerprint density at radius 2 is 1.89 bits per heavy atom. The summed E-state index contributed by atoms with van der Waals surface area (Å²) in [6.45, 7) is 8.92. The number of ether oxygens (including phenoxy) is 1. The molecule has 0 saturated heterocycles. The van der Waals surface area contributed by atoms with Crippen molar-refractivity contribution < 1.29 is 49.0 Å². The van der Waals surface area contributed by atoms with Crippen LogP contribution in [0.25, 0.3) is 5.70 Å². The van der Waals surface area contributed by atoms with Crippen molar-refractivity contribution >= 4 is 17.6 Å². The van der Waals surface area contributed by atoms with Crippen LogP contribution in [0.3, 0.4) is 0 Å². The molecular weight excluding hydrogens is 679 g/mol. The maximum absolute atomic E-state index is 12.3. The molecule has 3 aromatic rings. The third-order valence-corrected chi connectivity index (χ3v) is 5.07. The molecule has 0 aliphatic rings. The van der Waals surface area contributed by atoms with Gasteiger partial charge in [-0.25, -0.2) is 0 Å². The minimum Gasteiger partial charge on any atom is -0.448 e. The standard InChI is InChI=1S/C26H26F3N4O.U/c1-5-13-33(4)22-8-6-7-20(14-22)15-24-18(2)16-31-25(32-24)17-30-19(3)21-9-11-23(12-10-21)34-26(27,28)29;/h6-12,14,16H,3,5,13,15H2,1-2,4H3;/q-1;. The Morgan fingerprint density at radius 3 is 2.54 bits per heavy atom. The van der Waals surface area contributed by atoms with Gasteiger partial charge < -0.3 is 14.6 Å². The Bertz CT molecular complexity index is 1160. The van der Waals surface area contributed by atoms with E-state index >= 15 is 0 Å². The van der Waals surface area contributed by atoms with Gasteiger partial charge in [-0.2, -0.15) is 6.58 Å². The second kappa shape index (κ2) is 12.9. The number of anilines is 1. The van der Waals surface area contributed by atoms with Crippen molar-refractivity contribution in [1.29, 1.82) is 0 Å². The molecule has 1 aromatic heterocycles. The fraction of sp³-hybridized carbons (Fsp3) is 0.269. The van der Waals surface area contributed by atoms with Gasteiger partial charge >= 0.3 is 6.36 Å². The maximum Gasteiger partial charge on any atom is 0.573 e. The van der Waals surface area contributed by atoms with E-state index in [4.69, 9.17) is 0 Å². The largest absolute Gasteiger partial charge is 0.573 e. The van der Waals surface area contributed by atoms with Crippen LogP contribution in [0, 0.1) is 38.0 Å². The third-order valence-electron chi connectivity index (χ3n) is 5.07. The predicted molar refractivity (Wildman–Crippen MR) is 128 cm³/mol. The first-order valence-corrected chi connectivity index (χ1v) is 10.8. The van der Waals surface area contributed by atoms with Crippen molar-refractivity contribution in [3.05, 3.63) is 89.5 Å². The molecule has 0 saturated carbocycles. The second-order valence-corrected chi connectivity index (χ2v) is 7.83. The molecular formula is C26H26F3N4OU-. The molecule has 35 heavy (non-hydrogen) atoms. The van der Waals surface area contributed by atoms with Gasteiger partial charge in [-0.3, -0.25) is 9.97 Å².